The molecule has 0 radical (unpaired) electrons. The van der Waals surface area contributed by atoms with Crippen molar-refractivity contribution in [3.63, 3.8) is 0 Å². The van der Waals surface area contributed by atoms with Crippen LogP contribution in [0.15, 0.2) is 54.7 Å². The highest BCUT2D eigenvalue weighted by molar-refractivity contribution is 7.88. The number of fused-ring (bicyclic) bond motifs is 1. The Kier molecular flexibility index (Phi) is 5.81. The van der Waals surface area contributed by atoms with Gasteiger partial charge in [-0.25, -0.2) is 13.4 Å². The molecule has 0 aliphatic carbocycles. The number of nitriles is 1. The maximum Gasteiger partial charge on any atom is 0.211 e. The molecule has 8 heteroatoms. The van der Waals surface area contributed by atoms with Crippen molar-refractivity contribution in [1.82, 2.24) is 14.3 Å². The number of anilines is 1. The first-order valence-corrected chi connectivity index (χ1v) is 12.0. The lowest BCUT2D eigenvalue weighted by molar-refractivity contribution is 0.320. The van der Waals surface area contributed by atoms with Crippen LogP contribution in [0.25, 0.3) is 0 Å². The number of H-pyrrole nitrogens is 1. The monoisotopic (exact) mass is 435 g/mol. The van der Waals surface area contributed by atoms with Crippen molar-refractivity contribution in [1.29, 1.82) is 5.26 Å². The first-order chi connectivity index (χ1) is 14.8. The summed E-state index contributed by atoms with van der Waals surface area (Å²) in [6.45, 7) is 3.24. The highest BCUT2D eigenvalue weighted by atomic mass is 32.2. The average Bonchev–Trinajstić information content (AvgIpc) is 3.08. The van der Waals surface area contributed by atoms with Gasteiger partial charge in [0.1, 0.15) is 5.82 Å². The molecular formula is C23H25N5O2S. The maximum absolute atomic E-state index is 12.8. The molecule has 7 nitrogen and oxygen atoms in total. The Hall–Kier alpha value is -3.15. The number of imidazole rings is 1. The Labute approximate surface area is 183 Å². The Morgan fingerprint density at radius 3 is 2.65 bits per heavy atom. The normalized spacial score (nSPS) is 17.1. The van der Waals surface area contributed by atoms with Crippen molar-refractivity contribution in [3.05, 3.63) is 82.9 Å². The molecule has 1 aliphatic rings. The van der Waals surface area contributed by atoms with Crippen LogP contribution in [0.3, 0.4) is 0 Å². The minimum atomic E-state index is -3.47. The molecule has 4 rings (SSSR count). The minimum Gasteiger partial charge on any atom is -0.364 e. The van der Waals surface area contributed by atoms with Crippen LogP contribution >= 0.6 is 0 Å². The van der Waals surface area contributed by atoms with Crippen molar-refractivity contribution in [2.45, 2.75) is 32.5 Å². The van der Waals surface area contributed by atoms with Crippen LogP contribution in [0, 0.1) is 18.3 Å². The lowest BCUT2D eigenvalue weighted by Crippen LogP contribution is -2.45. The smallest absolute Gasteiger partial charge is 0.211 e. The van der Waals surface area contributed by atoms with E-state index in [9.17, 15) is 13.7 Å². The van der Waals surface area contributed by atoms with E-state index in [1.807, 2.05) is 49.5 Å². The van der Waals surface area contributed by atoms with Gasteiger partial charge in [-0.3, -0.25) is 0 Å². The number of nitrogens with one attached hydrogen (secondary N) is 1. The van der Waals surface area contributed by atoms with E-state index in [1.54, 1.807) is 16.4 Å². The van der Waals surface area contributed by atoms with Crippen LogP contribution in [0.2, 0.25) is 0 Å². The number of aryl methyl sites for hydroxylation is 1. The van der Waals surface area contributed by atoms with E-state index in [1.165, 1.54) is 6.26 Å². The number of aromatic amines is 1. The fourth-order valence-electron chi connectivity index (χ4n) is 4.18. The molecule has 0 amide bonds. The summed E-state index contributed by atoms with van der Waals surface area (Å²) in [7, 11) is -3.47. The third-order valence-electron chi connectivity index (χ3n) is 5.57. The van der Waals surface area contributed by atoms with E-state index < -0.39 is 10.0 Å². The molecule has 31 heavy (non-hydrogen) atoms. The van der Waals surface area contributed by atoms with E-state index in [0.717, 1.165) is 28.3 Å². The van der Waals surface area contributed by atoms with Gasteiger partial charge in [-0.2, -0.15) is 9.57 Å². The van der Waals surface area contributed by atoms with Gasteiger partial charge in [0, 0.05) is 24.8 Å². The summed E-state index contributed by atoms with van der Waals surface area (Å²) in [5.41, 5.74) is 4.33. The number of aromatic nitrogens is 2. The molecule has 1 atom stereocenters. The highest BCUT2D eigenvalue weighted by Gasteiger charge is 2.33. The largest absolute Gasteiger partial charge is 0.364 e. The summed E-state index contributed by atoms with van der Waals surface area (Å²) in [5.74, 6) is 0.837. The summed E-state index contributed by atoms with van der Waals surface area (Å²) < 4.78 is 27.2. The molecule has 160 valence electrons. The quantitative estimate of drug-likeness (QED) is 0.665. The molecule has 0 unspecified atom stereocenters. The molecule has 0 bridgehead atoms. The standard InChI is InChI=1S/C23H25N5O2S/c1-17-25-13-21(26-17)15-27-16-22(11-18-6-4-3-5-7-18)28(31(2,29)30)14-20-10-19(12-24)8-9-23(20)27/h3-10,13,22H,11,14-16H2,1-2H3,(H,25,26)/t22-/m1/s1. The number of hydrogen-bond acceptors (Lipinski definition) is 5. The Morgan fingerprint density at radius 2 is 2.00 bits per heavy atom. The van der Waals surface area contributed by atoms with Crippen molar-refractivity contribution in [2.75, 3.05) is 17.7 Å². The summed E-state index contributed by atoms with van der Waals surface area (Å²) in [6.07, 6.45) is 3.67. The first-order valence-electron chi connectivity index (χ1n) is 10.1. The molecule has 2 aromatic carbocycles. The fraction of sp³-hybridized carbons (Fsp3) is 0.304. The summed E-state index contributed by atoms with van der Waals surface area (Å²) in [4.78, 5) is 9.75. The zero-order valence-electron chi connectivity index (χ0n) is 17.6. The molecule has 1 N–H and O–H groups in total. The van der Waals surface area contributed by atoms with Gasteiger partial charge in [-0.1, -0.05) is 30.3 Å². The van der Waals surface area contributed by atoms with E-state index in [-0.39, 0.29) is 12.6 Å². The highest BCUT2D eigenvalue weighted by Crippen LogP contribution is 2.31. The third-order valence-corrected chi connectivity index (χ3v) is 6.85. The van der Waals surface area contributed by atoms with Gasteiger partial charge in [-0.05, 0) is 42.7 Å². The van der Waals surface area contributed by atoms with Crippen LogP contribution in [0.4, 0.5) is 5.69 Å². The summed E-state index contributed by atoms with van der Waals surface area (Å²) >= 11 is 0. The Morgan fingerprint density at radius 1 is 1.23 bits per heavy atom. The van der Waals surface area contributed by atoms with Crippen LogP contribution in [-0.2, 0) is 29.5 Å². The van der Waals surface area contributed by atoms with Crippen LogP contribution in [-0.4, -0.2) is 41.5 Å². The number of benzene rings is 2. The van der Waals surface area contributed by atoms with Crippen molar-refractivity contribution < 1.29 is 8.42 Å². The van der Waals surface area contributed by atoms with Crippen molar-refractivity contribution in [2.24, 2.45) is 0 Å². The maximum atomic E-state index is 12.8. The van der Waals surface area contributed by atoms with E-state index in [0.29, 0.717) is 25.1 Å². The second-order valence-electron chi connectivity index (χ2n) is 7.98. The van der Waals surface area contributed by atoms with E-state index >= 15 is 0 Å². The Bertz CT molecular complexity index is 1210. The minimum absolute atomic E-state index is 0.236. The third kappa shape index (κ3) is 4.79. The van der Waals surface area contributed by atoms with Gasteiger partial charge < -0.3 is 9.88 Å². The molecule has 1 aromatic heterocycles. The predicted octanol–water partition coefficient (Wildman–Crippen LogP) is 2.98. The molecule has 0 saturated carbocycles. The summed E-state index contributed by atoms with van der Waals surface area (Å²) in [6, 6.07) is 17.4. The topological polar surface area (TPSA) is 93.1 Å². The van der Waals surface area contributed by atoms with Gasteiger partial charge in [0.15, 0.2) is 0 Å². The second kappa shape index (κ2) is 8.53. The van der Waals surface area contributed by atoms with E-state index in [2.05, 4.69) is 20.9 Å². The average molecular weight is 436 g/mol. The van der Waals surface area contributed by atoms with Gasteiger partial charge in [0.2, 0.25) is 10.0 Å². The SMILES string of the molecule is Cc1ncc(CN2C[C@@H](Cc3ccccc3)N(S(C)(=O)=O)Cc3cc(C#N)ccc32)[nH]1. The van der Waals surface area contributed by atoms with Gasteiger partial charge >= 0.3 is 0 Å². The number of hydrogen-bond donors (Lipinski definition) is 1. The van der Waals surface area contributed by atoms with Crippen molar-refractivity contribution in [3.8, 4) is 6.07 Å². The molecule has 0 fully saturated rings. The van der Waals surface area contributed by atoms with E-state index in [4.69, 9.17) is 0 Å². The fourth-order valence-corrected chi connectivity index (χ4v) is 5.24. The lowest BCUT2D eigenvalue weighted by Gasteiger charge is -2.31. The number of sulfonamides is 1. The van der Waals surface area contributed by atoms with Gasteiger partial charge in [-0.15, -0.1) is 0 Å². The zero-order valence-corrected chi connectivity index (χ0v) is 18.4. The molecule has 0 spiro atoms. The van der Waals surface area contributed by atoms with Crippen molar-refractivity contribution >= 4 is 15.7 Å². The first kappa shape index (κ1) is 21.1. The lowest BCUT2D eigenvalue weighted by atomic mass is 10.1. The molecule has 0 saturated heterocycles. The van der Waals surface area contributed by atoms with Crippen LogP contribution < -0.4 is 4.90 Å². The Balaban J connectivity index is 1.77. The predicted molar refractivity (Wildman–Crippen MR) is 120 cm³/mol. The van der Waals surface area contributed by atoms with Crippen LogP contribution in [0.1, 0.15) is 28.2 Å². The zero-order chi connectivity index (χ0) is 22.0. The van der Waals surface area contributed by atoms with Gasteiger partial charge in [0.05, 0.1) is 36.3 Å². The molecule has 2 heterocycles. The number of rotatable bonds is 5. The van der Waals surface area contributed by atoms with Crippen LogP contribution in [0.5, 0.6) is 0 Å². The van der Waals surface area contributed by atoms with Gasteiger partial charge in [0.25, 0.3) is 0 Å². The number of nitrogens with zero attached hydrogens (tertiary/aromatic N) is 4. The molecule has 3 aromatic rings. The molecular weight excluding hydrogens is 410 g/mol. The second-order valence-corrected chi connectivity index (χ2v) is 9.92. The molecule has 1 aliphatic heterocycles. The summed E-state index contributed by atoms with van der Waals surface area (Å²) in [5, 5.41) is 9.38.